The molecule has 0 unspecified atom stereocenters. The number of carbonyl (C=O) groups is 2. The lowest BCUT2D eigenvalue weighted by Gasteiger charge is -2.23. The second kappa shape index (κ2) is 10.9. The first-order chi connectivity index (χ1) is 18.0. The Morgan fingerprint density at radius 1 is 1.29 bits per heavy atom. The minimum absolute atomic E-state index is 0.0472. The third-order valence-corrected chi connectivity index (χ3v) is 6.68. The van der Waals surface area contributed by atoms with Gasteiger partial charge in [0.25, 0.3) is 0 Å². The van der Waals surface area contributed by atoms with Crippen molar-refractivity contribution in [2.45, 2.75) is 43.6 Å². The first-order valence-electron chi connectivity index (χ1n) is 12.1. The Morgan fingerprint density at radius 3 is 2.74 bits per heavy atom. The minimum Gasteiger partial charge on any atom is -0.404 e. The Labute approximate surface area is 216 Å². The normalized spacial score (nSPS) is 20.5. The highest BCUT2D eigenvalue weighted by Gasteiger charge is 2.53. The van der Waals surface area contributed by atoms with Crippen molar-refractivity contribution >= 4 is 35.1 Å². The summed E-state index contributed by atoms with van der Waals surface area (Å²) in [4.78, 5) is 34.8. The van der Waals surface area contributed by atoms with Crippen molar-refractivity contribution in [2.24, 2.45) is 22.4 Å². The molecule has 4 rings (SSSR count). The average molecular weight is 533 g/mol. The topological polar surface area (TPSA) is 127 Å². The van der Waals surface area contributed by atoms with Crippen molar-refractivity contribution in [2.75, 3.05) is 23.3 Å². The fraction of sp³-hybridized carbons (Fsp3) is 0.385. The van der Waals surface area contributed by atoms with Crippen LogP contribution in [0.5, 0.6) is 0 Å². The molecule has 2 fully saturated rings. The highest BCUT2D eigenvalue weighted by Crippen LogP contribution is 2.44. The average Bonchev–Trinajstić information content (AvgIpc) is 3.68. The van der Waals surface area contributed by atoms with Crippen LogP contribution >= 0.6 is 0 Å². The van der Waals surface area contributed by atoms with E-state index in [-0.39, 0.29) is 35.5 Å². The predicted octanol–water partition coefficient (Wildman–Crippen LogP) is 3.38. The quantitative estimate of drug-likeness (QED) is 0.320. The molecule has 2 heterocycles. The van der Waals surface area contributed by atoms with Crippen molar-refractivity contribution in [3.8, 4) is 0 Å². The fourth-order valence-corrected chi connectivity index (χ4v) is 4.42. The molecular formula is C26H28F4N6O2. The number of hydrogen-bond donors (Lipinski definition) is 3. The van der Waals surface area contributed by atoms with Crippen LogP contribution in [0.15, 0.2) is 53.8 Å². The van der Waals surface area contributed by atoms with E-state index < -0.39 is 24.4 Å². The number of anilines is 2. The molecule has 2 aliphatic rings. The van der Waals surface area contributed by atoms with Crippen molar-refractivity contribution in [3.05, 3.63) is 59.9 Å². The third kappa shape index (κ3) is 6.01. The van der Waals surface area contributed by atoms with E-state index in [0.717, 1.165) is 25.3 Å². The van der Waals surface area contributed by atoms with Gasteiger partial charge in [0.2, 0.25) is 11.8 Å². The first kappa shape index (κ1) is 27.2. The summed E-state index contributed by atoms with van der Waals surface area (Å²) >= 11 is 0. The van der Waals surface area contributed by atoms with Crippen LogP contribution in [0.4, 0.5) is 29.1 Å². The van der Waals surface area contributed by atoms with Crippen LogP contribution in [0.25, 0.3) is 5.57 Å². The van der Waals surface area contributed by atoms with Crippen LogP contribution in [0.2, 0.25) is 0 Å². The van der Waals surface area contributed by atoms with E-state index in [1.54, 1.807) is 41.3 Å². The van der Waals surface area contributed by atoms with Crippen molar-refractivity contribution in [3.63, 3.8) is 0 Å². The molecule has 5 N–H and O–H groups in total. The number of amides is 2. The zero-order valence-corrected chi connectivity index (χ0v) is 20.4. The van der Waals surface area contributed by atoms with E-state index in [4.69, 9.17) is 11.5 Å². The standard InChI is InChI=1S/C26H28F4N6O2/c27-23(28)26(29,30)15-33-14-18(13-31)17-3-1-2-16(10-17)11-22(37)35-21-12-20(6-8-34-21)36-9-7-25(32,24(36)38)19-4-5-19/h1-3,6,8,10,12-14,19,23H,4-5,7,9,11,15,31-32H2,(H,34,35,37)/t25-/m1/s1. The Balaban J connectivity index is 1.39. The summed E-state index contributed by atoms with van der Waals surface area (Å²) in [5, 5.41) is 2.71. The molecule has 1 aromatic heterocycles. The minimum atomic E-state index is -4.24. The lowest BCUT2D eigenvalue weighted by atomic mass is 9.93. The third-order valence-electron chi connectivity index (χ3n) is 6.68. The number of halogens is 4. The summed E-state index contributed by atoms with van der Waals surface area (Å²) in [7, 11) is 0. The number of nitrogens with two attached hydrogens (primary N) is 2. The lowest BCUT2D eigenvalue weighted by Crippen LogP contribution is -2.50. The van der Waals surface area contributed by atoms with Gasteiger partial charge in [0.15, 0.2) is 0 Å². The van der Waals surface area contributed by atoms with Gasteiger partial charge in [0.05, 0.1) is 6.42 Å². The molecule has 1 saturated heterocycles. The second-order valence-corrected chi connectivity index (χ2v) is 9.50. The molecule has 12 heteroatoms. The molecule has 0 radical (unpaired) electrons. The maximum absolute atomic E-state index is 13.1. The number of aliphatic imine (C=N–C) groups is 1. The van der Waals surface area contributed by atoms with Crippen LogP contribution in [0.3, 0.4) is 0 Å². The molecule has 1 aromatic carbocycles. The number of allylic oxidation sites excluding steroid dienone is 1. The molecular weight excluding hydrogens is 504 g/mol. The summed E-state index contributed by atoms with van der Waals surface area (Å²) < 4.78 is 50.9. The summed E-state index contributed by atoms with van der Waals surface area (Å²) in [5.74, 6) is -4.25. The Bertz CT molecular complexity index is 1260. The van der Waals surface area contributed by atoms with Crippen LogP contribution in [0.1, 0.15) is 30.4 Å². The van der Waals surface area contributed by atoms with Crippen molar-refractivity contribution < 1.29 is 27.2 Å². The molecule has 1 atom stereocenters. The van der Waals surface area contributed by atoms with E-state index in [1.165, 1.54) is 6.20 Å². The second-order valence-electron chi connectivity index (χ2n) is 9.50. The summed E-state index contributed by atoms with van der Waals surface area (Å²) in [6.07, 6.45) is 2.22. The zero-order chi connectivity index (χ0) is 27.5. The molecule has 0 bridgehead atoms. The largest absolute Gasteiger partial charge is 0.404 e. The van der Waals surface area contributed by atoms with E-state index in [2.05, 4.69) is 15.3 Å². The van der Waals surface area contributed by atoms with Crippen LogP contribution < -0.4 is 21.7 Å². The molecule has 2 amide bonds. The predicted molar refractivity (Wildman–Crippen MR) is 136 cm³/mol. The number of alkyl halides is 4. The fourth-order valence-electron chi connectivity index (χ4n) is 4.42. The van der Waals surface area contributed by atoms with Gasteiger partial charge in [0, 0.05) is 42.5 Å². The molecule has 8 nitrogen and oxygen atoms in total. The molecule has 202 valence electrons. The number of rotatable bonds is 10. The molecule has 38 heavy (non-hydrogen) atoms. The zero-order valence-electron chi connectivity index (χ0n) is 20.4. The van der Waals surface area contributed by atoms with Crippen LogP contribution in [-0.4, -0.2) is 54.0 Å². The number of hydrogen-bond acceptors (Lipinski definition) is 6. The van der Waals surface area contributed by atoms with Gasteiger partial charge in [-0.05, 0) is 42.4 Å². The highest BCUT2D eigenvalue weighted by molar-refractivity contribution is 6.09. The monoisotopic (exact) mass is 532 g/mol. The van der Waals surface area contributed by atoms with Gasteiger partial charge in [0.1, 0.15) is 17.9 Å². The molecule has 1 saturated carbocycles. The number of aromatic nitrogens is 1. The first-order valence-corrected chi connectivity index (χ1v) is 12.1. The Morgan fingerprint density at radius 2 is 2.05 bits per heavy atom. The van der Waals surface area contributed by atoms with Crippen molar-refractivity contribution in [1.82, 2.24) is 4.98 Å². The maximum atomic E-state index is 13.1. The summed E-state index contributed by atoms with van der Waals surface area (Å²) in [6, 6.07) is 9.86. The molecule has 0 spiro atoms. The molecule has 1 aliphatic carbocycles. The molecule has 1 aliphatic heterocycles. The van der Waals surface area contributed by atoms with Gasteiger partial charge >= 0.3 is 12.3 Å². The van der Waals surface area contributed by atoms with Crippen LogP contribution in [0, 0.1) is 5.92 Å². The number of pyridine rings is 1. The van der Waals surface area contributed by atoms with Gasteiger partial charge in [-0.2, -0.15) is 8.78 Å². The number of nitrogens with zero attached hydrogens (tertiary/aromatic N) is 3. The maximum Gasteiger partial charge on any atom is 0.326 e. The Hall–Kier alpha value is -3.80. The SMILES string of the molecule is NC=C(C=NCC(F)(F)C(F)F)c1cccc(CC(=O)Nc2cc(N3CC[C@@](N)(C4CC4)C3=O)ccn2)c1. The number of nitrogens with one attached hydrogen (secondary N) is 1. The smallest absolute Gasteiger partial charge is 0.326 e. The van der Waals surface area contributed by atoms with E-state index in [9.17, 15) is 27.2 Å². The van der Waals surface area contributed by atoms with Gasteiger partial charge in [-0.3, -0.25) is 14.6 Å². The lowest BCUT2D eigenvalue weighted by molar-refractivity contribution is -0.122. The van der Waals surface area contributed by atoms with Crippen molar-refractivity contribution in [1.29, 1.82) is 0 Å². The Kier molecular flexibility index (Phi) is 7.81. The highest BCUT2D eigenvalue weighted by atomic mass is 19.3. The molecule has 2 aromatic rings. The van der Waals surface area contributed by atoms with Gasteiger partial charge in [-0.25, -0.2) is 13.8 Å². The van der Waals surface area contributed by atoms with E-state index in [0.29, 0.717) is 29.8 Å². The number of carbonyl (C=O) groups excluding carboxylic acids is 2. The van der Waals surface area contributed by atoms with Gasteiger partial charge in [-0.15, -0.1) is 0 Å². The van der Waals surface area contributed by atoms with E-state index >= 15 is 0 Å². The summed E-state index contributed by atoms with van der Waals surface area (Å²) in [5.41, 5.74) is 13.0. The van der Waals surface area contributed by atoms with Gasteiger partial charge < -0.3 is 21.7 Å². The number of benzene rings is 1. The van der Waals surface area contributed by atoms with Gasteiger partial charge in [-0.1, -0.05) is 24.3 Å². The summed E-state index contributed by atoms with van der Waals surface area (Å²) in [6.45, 7) is -0.887. The van der Waals surface area contributed by atoms with E-state index in [1.807, 2.05) is 0 Å². The van der Waals surface area contributed by atoms with Crippen LogP contribution in [-0.2, 0) is 16.0 Å².